The average Bonchev–Trinajstić information content (AvgIpc) is 2.68. The van der Waals surface area contributed by atoms with E-state index in [2.05, 4.69) is 0 Å². The normalized spacial score (nSPS) is 16.2. The van der Waals surface area contributed by atoms with Gasteiger partial charge in [0.1, 0.15) is 10.6 Å². The maximum atomic E-state index is 13.1. The maximum absolute atomic E-state index is 13.1. The van der Waals surface area contributed by atoms with E-state index < -0.39 is 28.1 Å². The molecule has 0 saturated heterocycles. The molecule has 29 heavy (non-hydrogen) atoms. The van der Waals surface area contributed by atoms with Gasteiger partial charge in [-0.15, -0.1) is 0 Å². The number of ether oxygens (including phenoxy) is 2. The van der Waals surface area contributed by atoms with Gasteiger partial charge < -0.3 is 9.47 Å². The number of amides is 2. The number of nitrogens with zero attached hydrogens (tertiary/aromatic N) is 2. The van der Waals surface area contributed by atoms with Crippen LogP contribution in [0.4, 0.5) is 16.2 Å². The highest BCUT2D eigenvalue weighted by atomic mass is 32.2. The summed E-state index contributed by atoms with van der Waals surface area (Å²) in [4.78, 5) is 25.8. The van der Waals surface area contributed by atoms with Crippen molar-refractivity contribution in [1.29, 1.82) is 0 Å². The van der Waals surface area contributed by atoms with Gasteiger partial charge in [0.25, 0.3) is 10.0 Å². The van der Waals surface area contributed by atoms with E-state index in [-0.39, 0.29) is 28.6 Å². The topological polar surface area (TPSA) is 93.2 Å². The second-order valence-electron chi connectivity index (χ2n) is 6.59. The van der Waals surface area contributed by atoms with Crippen molar-refractivity contribution in [2.45, 2.75) is 31.8 Å². The number of hydrogen-bond donors (Lipinski definition) is 0. The Morgan fingerprint density at radius 3 is 2.41 bits per heavy atom. The van der Waals surface area contributed by atoms with E-state index in [0.717, 1.165) is 9.87 Å². The van der Waals surface area contributed by atoms with Gasteiger partial charge in [-0.05, 0) is 45.0 Å². The first-order valence-electron chi connectivity index (χ1n) is 9.04. The Morgan fingerprint density at radius 2 is 1.79 bits per heavy atom. The predicted molar refractivity (Wildman–Crippen MR) is 108 cm³/mol. The van der Waals surface area contributed by atoms with Gasteiger partial charge in [0.05, 0.1) is 18.0 Å². The van der Waals surface area contributed by atoms with Crippen LogP contribution in [-0.4, -0.2) is 40.2 Å². The molecular formula is C20H22N2O6S. The molecule has 1 aliphatic heterocycles. The molecule has 0 fully saturated rings. The highest BCUT2D eigenvalue weighted by Crippen LogP contribution is 2.38. The second kappa shape index (κ2) is 7.75. The van der Waals surface area contributed by atoms with Crippen LogP contribution in [0.25, 0.3) is 0 Å². The maximum Gasteiger partial charge on any atom is 0.347 e. The number of carbonyl (C=O) groups excluding carboxylic acids is 2. The third-order valence-corrected chi connectivity index (χ3v) is 6.22. The van der Waals surface area contributed by atoms with E-state index in [9.17, 15) is 18.0 Å². The number of esters is 1. The molecule has 0 spiro atoms. The Labute approximate surface area is 169 Å². The van der Waals surface area contributed by atoms with Crippen LogP contribution in [0.5, 0.6) is 5.75 Å². The minimum absolute atomic E-state index is 0.0312. The van der Waals surface area contributed by atoms with Gasteiger partial charge in [-0.2, -0.15) is 4.31 Å². The van der Waals surface area contributed by atoms with Crippen molar-refractivity contribution in [3.8, 4) is 5.75 Å². The van der Waals surface area contributed by atoms with Crippen molar-refractivity contribution in [2.75, 3.05) is 22.9 Å². The summed E-state index contributed by atoms with van der Waals surface area (Å²) in [5.74, 6) is -0.282. The molecule has 3 rings (SSSR count). The monoisotopic (exact) mass is 418 g/mol. The molecule has 1 heterocycles. The molecule has 2 aromatic carbocycles. The minimum Gasteiger partial charge on any atom is -0.479 e. The Balaban J connectivity index is 1.99. The third-order valence-electron chi connectivity index (χ3n) is 4.47. The number of rotatable bonds is 5. The number of sulfonamides is 1. The van der Waals surface area contributed by atoms with Gasteiger partial charge in [0, 0.05) is 13.1 Å². The van der Waals surface area contributed by atoms with E-state index in [1.807, 2.05) is 6.92 Å². The Hall–Kier alpha value is -3.07. The zero-order valence-corrected chi connectivity index (χ0v) is 17.4. The standard InChI is InChI=1S/C20H22N2O6S/c1-5-27-19(23)14(3)28-16-10-11-18-17(12-16)21(4)20(24)22(29(18,25)26)15-8-6-13(2)7-9-15/h6-12,14H,5H2,1-4H3. The zero-order chi connectivity index (χ0) is 21.3. The van der Waals surface area contributed by atoms with Gasteiger partial charge in [0.15, 0.2) is 6.10 Å². The molecule has 154 valence electrons. The van der Waals surface area contributed by atoms with Crippen LogP contribution < -0.4 is 13.9 Å². The molecule has 2 amide bonds. The number of hydrogen-bond acceptors (Lipinski definition) is 6. The molecule has 1 atom stereocenters. The quantitative estimate of drug-likeness (QED) is 0.693. The first kappa shape index (κ1) is 20.7. The number of aryl methyl sites for hydroxylation is 1. The largest absolute Gasteiger partial charge is 0.479 e. The smallest absolute Gasteiger partial charge is 0.347 e. The molecule has 1 unspecified atom stereocenters. The number of urea groups is 1. The van der Waals surface area contributed by atoms with Crippen LogP contribution >= 0.6 is 0 Å². The molecular weight excluding hydrogens is 396 g/mol. The van der Waals surface area contributed by atoms with E-state index in [1.54, 1.807) is 31.2 Å². The molecule has 0 saturated carbocycles. The van der Waals surface area contributed by atoms with E-state index in [4.69, 9.17) is 9.47 Å². The van der Waals surface area contributed by atoms with E-state index >= 15 is 0 Å². The fourth-order valence-corrected chi connectivity index (χ4v) is 4.56. The number of carbonyl (C=O) groups is 2. The van der Waals surface area contributed by atoms with Crippen LogP contribution in [0.1, 0.15) is 19.4 Å². The Kier molecular flexibility index (Phi) is 5.52. The molecule has 0 bridgehead atoms. The first-order chi connectivity index (χ1) is 13.7. The van der Waals surface area contributed by atoms with Crippen molar-refractivity contribution >= 4 is 33.4 Å². The lowest BCUT2D eigenvalue weighted by Crippen LogP contribution is -2.49. The number of benzene rings is 2. The lowest BCUT2D eigenvalue weighted by Gasteiger charge is -2.34. The summed E-state index contributed by atoms with van der Waals surface area (Å²) in [5.41, 5.74) is 1.38. The third kappa shape index (κ3) is 3.77. The van der Waals surface area contributed by atoms with Crippen molar-refractivity contribution in [1.82, 2.24) is 0 Å². The second-order valence-corrected chi connectivity index (χ2v) is 8.34. The fourth-order valence-electron chi connectivity index (χ4n) is 2.93. The van der Waals surface area contributed by atoms with Crippen molar-refractivity contribution < 1.29 is 27.5 Å². The first-order valence-corrected chi connectivity index (χ1v) is 10.5. The molecule has 0 aromatic heterocycles. The van der Waals surface area contributed by atoms with Gasteiger partial charge in [-0.1, -0.05) is 17.7 Å². The molecule has 9 heteroatoms. The Bertz CT molecular complexity index is 1050. The summed E-state index contributed by atoms with van der Waals surface area (Å²) >= 11 is 0. The van der Waals surface area contributed by atoms with Crippen molar-refractivity contribution in [3.63, 3.8) is 0 Å². The van der Waals surface area contributed by atoms with Gasteiger partial charge in [0.2, 0.25) is 0 Å². The summed E-state index contributed by atoms with van der Waals surface area (Å²) < 4.78 is 37.5. The molecule has 8 nitrogen and oxygen atoms in total. The molecule has 0 radical (unpaired) electrons. The lowest BCUT2D eigenvalue weighted by molar-refractivity contribution is -0.150. The summed E-state index contributed by atoms with van der Waals surface area (Å²) in [6.45, 7) is 5.31. The van der Waals surface area contributed by atoms with Crippen LogP contribution in [0.15, 0.2) is 47.4 Å². The van der Waals surface area contributed by atoms with Crippen molar-refractivity contribution in [3.05, 3.63) is 48.0 Å². The fraction of sp³-hybridized carbons (Fsp3) is 0.300. The number of fused-ring (bicyclic) bond motifs is 1. The lowest BCUT2D eigenvalue weighted by atomic mass is 10.2. The summed E-state index contributed by atoms with van der Waals surface area (Å²) in [7, 11) is -2.62. The van der Waals surface area contributed by atoms with Crippen LogP contribution in [-0.2, 0) is 19.6 Å². The zero-order valence-electron chi connectivity index (χ0n) is 16.6. The number of anilines is 2. The van der Waals surface area contributed by atoms with E-state index in [0.29, 0.717) is 0 Å². The highest BCUT2D eigenvalue weighted by Gasteiger charge is 2.41. The predicted octanol–water partition coefficient (Wildman–Crippen LogP) is 3.09. The van der Waals surface area contributed by atoms with Crippen LogP contribution in [0.2, 0.25) is 0 Å². The van der Waals surface area contributed by atoms with Gasteiger partial charge >= 0.3 is 12.0 Å². The molecule has 1 aliphatic rings. The van der Waals surface area contributed by atoms with E-state index in [1.165, 1.54) is 37.1 Å². The molecule has 0 N–H and O–H groups in total. The van der Waals surface area contributed by atoms with Gasteiger partial charge in [-0.3, -0.25) is 4.90 Å². The summed E-state index contributed by atoms with van der Waals surface area (Å²) in [6, 6.07) is 10.2. The molecule has 2 aromatic rings. The summed E-state index contributed by atoms with van der Waals surface area (Å²) in [5, 5.41) is 0. The van der Waals surface area contributed by atoms with Crippen LogP contribution in [0.3, 0.4) is 0 Å². The Morgan fingerprint density at radius 1 is 1.14 bits per heavy atom. The minimum atomic E-state index is -4.11. The van der Waals surface area contributed by atoms with Crippen LogP contribution in [0, 0.1) is 6.92 Å². The SMILES string of the molecule is CCOC(=O)C(C)Oc1ccc2c(c1)N(C)C(=O)N(c1ccc(C)cc1)S2(=O)=O. The molecule has 0 aliphatic carbocycles. The average molecular weight is 418 g/mol. The van der Waals surface area contributed by atoms with Crippen molar-refractivity contribution in [2.24, 2.45) is 0 Å². The highest BCUT2D eigenvalue weighted by molar-refractivity contribution is 7.94. The summed E-state index contributed by atoms with van der Waals surface area (Å²) in [6.07, 6.45) is -0.877. The van der Waals surface area contributed by atoms with Gasteiger partial charge in [-0.25, -0.2) is 18.0 Å².